The van der Waals surface area contributed by atoms with Crippen LogP contribution < -0.4 is 10.6 Å². The largest absolute Gasteiger partial charge is 0.507 e. The van der Waals surface area contributed by atoms with Crippen molar-refractivity contribution >= 4 is 29.2 Å². The molecule has 1 aliphatic rings. The third-order valence-electron chi connectivity index (χ3n) is 5.79. The molecular formula is C26H22ClN5O3. The molecular weight excluding hydrogens is 466 g/mol. The summed E-state index contributed by atoms with van der Waals surface area (Å²) in [6, 6.07) is 16.7. The minimum atomic E-state index is -0.375. The number of rotatable bonds is 6. The lowest BCUT2D eigenvalue weighted by molar-refractivity contribution is 0.102. The highest BCUT2D eigenvalue weighted by Crippen LogP contribution is 2.42. The number of pyridine rings is 1. The number of phenols is 1. The zero-order chi connectivity index (χ0) is 24.4. The van der Waals surface area contributed by atoms with Crippen molar-refractivity contribution < 1.29 is 14.7 Å². The van der Waals surface area contributed by atoms with Gasteiger partial charge in [0.2, 0.25) is 0 Å². The van der Waals surface area contributed by atoms with E-state index in [2.05, 4.69) is 20.7 Å². The predicted molar refractivity (Wildman–Crippen MR) is 133 cm³/mol. The van der Waals surface area contributed by atoms with Crippen LogP contribution in [0.4, 0.5) is 10.5 Å². The average molecular weight is 488 g/mol. The molecule has 2 heterocycles. The van der Waals surface area contributed by atoms with E-state index in [4.69, 9.17) is 11.6 Å². The lowest BCUT2D eigenvalue weighted by atomic mass is 10.1. The fourth-order valence-corrected chi connectivity index (χ4v) is 3.98. The summed E-state index contributed by atoms with van der Waals surface area (Å²) < 4.78 is 1.35. The van der Waals surface area contributed by atoms with Crippen molar-refractivity contribution in [3.05, 3.63) is 94.9 Å². The highest BCUT2D eigenvalue weighted by Gasteiger charge is 2.31. The SMILES string of the molecule is O=C(Nc1ccc(O)c(-c2cc(C3CC3)n(C(=O)NCc3ccccc3Cl)n2)c1)c1ccncc1. The van der Waals surface area contributed by atoms with E-state index in [1.54, 1.807) is 42.7 Å². The number of nitrogens with zero attached hydrogens (tertiary/aromatic N) is 3. The molecule has 0 spiro atoms. The fourth-order valence-electron chi connectivity index (χ4n) is 3.77. The van der Waals surface area contributed by atoms with Gasteiger partial charge in [0, 0.05) is 46.7 Å². The number of hydrogen-bond donors (Lipinski definition) is 3. The van der Waals surface area contributed by atoms with Crippen molar-refractivity contribution in [2.24, 2.45) is 0 Å². The third-order valence-corrected chi connectivity index (χ3v) is 6.15. The van der Waals surface area contributed by atoms with Crippen LogP contribution in [-0.4, -0.2) is 31.8 Å². The molecule has 0 radical (unpaired) electrons. The molecule has 9 heteroatoms. The van der Waals surface area contributed by atoms with Crippen LogP contribution in [0, 0.1) is 0 Å². The lowest BCUT2D eigenvalue weighted by Crippen LogP contribution is -2.30. The second-order valence-corrected chi connectivity index (χ2v) is 8.72. The maximum atomic E-state index is 13.0. The van der Waals surface area contributed by atoms with E-state index in [9.17, 15) is 14.7 Å². The number of amides is 2. The molecule has 35 heavy (non-hydrogen) atoms. The van der Waals surface area contributed by atoms with Crippen LogP contribution in [0.3, 0.4) is 0 Å². The van der Waals surface area contributed by atoms with Crippen LogP contribution in [0.5, 0.6) is 5.75 Å². The second-order valence-electron chi connectivity index (χ2n) is 8.31. The third kappa shape index (κ3) is 5.02. The Kier molecular flexibility index (Phi) is 6.20. The van der Waals surface area contributed by atoms with Gasteiger partial charge in [0.05, 0.1) is 11.4 Å². The van der Waals surface area contributed by atoms with Crippen molar-refractivity contribution in [1.82, 2.24) is 20.1 Å². The monoisotopic (exact) mass is 487 g/mol. The lowest BCUT2D eigenvalue weighted by Gasteiger charge is -2.09. The standard InChI is InChI=1S/C26H22ClN5O3/c27-21-4-2-1-3-18(21)15-29-26(35)32-23(16-5-6-16)14-22(31-32)20-13-19(7-8-24(20)33)30-25(34)17-9-11-28-12-10-17/h1-4,7-14,16,33H,5-6,15H2,(H,29,35)(H,30,34). The number of phenolic OH excluding ortho intramolecular Hbond substituents is 1. The predicted octanol–water partition coefficient (Wildman–Crippen LogP) is 5.19. The highest BCUT2D eigenvalue weighted by molar-refractivity contribution is 6.31. The van der Waals surface area contributed by atoms with E-state index in [-0.39, 0.29) is 30.2 Å². The number of halogens is 1. The number of carbonyl (C=O) groups is 2. The van der Waals surface area contributed by atoms with Crippen molar-refractivity contribution in [2.75, 3.05) is 5.32 Å². The quantitative estimate of drug-likeness (QED) is 0.324. The van der Waals surface area contributed by atoms with Gasteiger partial charge in [-0.1, -0.05) is 29.8 Å². The Morgan fingerprint density at radius 2 is 1.83 bits per heavy atom. The molecule has 1 saturated carbocycles. The van der Waals surface area contributed by atoms with Gasteiger partial charge in [-0.25, -0.2) is 4.79 Å². The van der Waals surface area contributed by atoms with Gasteiger partial charge in [0.25, 0.3) is 5.91 Å². The van der Waals surface area contributed by atoms with Gasteiger partial charge in [0.1, 0.15) is 5.75 Å². The summed E-state index contributed by atoms with van der Waals surface area (Å²) in [5, 5.41) is 21.3. The number of benzene rings is 2. The fraction of sp³-hybridized carbons (Fsp3) is 0.154. The smallest absolute Gasteiger partial charge is 0.342 e. The molecule has 0 bridgehead atoms. The zero-order valence-electron chi connectivity index (χ0n) is 18.6. The van der Waals surface area contributed by atoms with Crippen LogP contribution in [0.2, 0.25) is 5.02 Å². The molecule has 1 fully saturated rings. The van der Waals surface area contributed by atoms with Gasteiger partial charge in [0.15, 0.2) is 0 Å². The first-order valence-electron chi connectivity index (χ1n) is 11.2. The Hall–Kier alpha value is -4.17. The van der Waals surface area contributed by atoms with Crippen LogP contribution in [0.1, 0.15) is 40.4 Å². The first kappa shape index (κ1) is 22.6. The van der Waals surface area contributed by atoms with Crippen LogP contribution >= 0.6 is 11.6 Å². The summed E-state index contributed by atoms with van der Waals surface area (Å²) in [5.41, 5.74) is 3.39. The van der Waals surface area contributed by atoms with E-state index in [1.807, 2.05) is 24.3 Å². The number of aromatic hydroxyl groups is 1. The number of carbonyl (C=O) groups excluding carboxylic acids is 2. The van der Waals surface area contributed by atoms with Gasteiger partial charge in [-0.3, -0.25) is 9.78 Å². The molecule has 8 nitrogen and oxygen atoms in total. The topological polar surface area (TPSA) is 109 Å². The summed E-state index contributed by atoms with van der Waals surface area (Å²) >= 11 is 6.20. The molecule has 4 aromatic rings. The van der Waals surface area contributed by atoms with Crippen molar-refractivity contribution in [1.29, 1.82) is 0 Å². The summed E-state index contributed by atoms with van der Waals surface area (Å²) in [5.74, 6) is -0.0680. The first-order valence-corrected chi connectivity index (χ1v) is 11.5. The van der Waals surface area contributed by atoms with Crippen LogP contribution in [0.25, 0.3) is 11.3 Å². The van der Waals surface area contributed by atoms with E-state index >= 15 is 0 Å². The Morgan fingerprint density at radius 3 is 2.57 bits per heavy atom. The summed E-state index contributed by atoms with van der Waals surface area (Å²) in [7, 11) is 0. The summed E-state index contributed by atoms with van der Waals surface area (Å²) in [6.07, 6.45) is 5.02. The van der Waals surface area contributed by atoms with E-state index in [0.717, 1.165) is 24.1 Å². The molecule has 3 N–H and O–H groups in total. The zero-order valence-corrected chi connectivity index (χ0v) is 19.4. The highest BCUT2D eigenvalue weighted by atomic mass is 35.5. The summed E-state index contributed by atoms with van der Waals surface area (Å²) in [6.45, 7) is 0.263. The van der Waals surface area contributed by atoms with Gasteiger partial charge in [-0.2, -0.15) is 9.78 Å². The number of aromatic nitrogens is 3. The van der Waals surface area contributed by atoms with Crippen LogP contribution in [0.15, 0.2) is 73.1 Å². The van der Waals surface area contributed by atoms with E-state index in [0.29, 0.717) is 27.5 Å². The molecule has 5 rings (SSSR count). The number of nitrogens with one attached hydrogen (secondary N) is 2. The normalized spacial score (nSPS) is 12.8. The Balaban J connectivity index is 1.39. The number of hydrogen-bond acceptors (Lipinski definition) is 5. The molecule has 0 unspecified atom stereocenters. The molecule has 0 atom stereocenters. The number of anilines is 1. The molecule has 1 aliphatic carbocycles. The Labute approximate surface area is 206 Å². The van der Waals surface area contributed by atoms with Gasteiger partial charge in [-0.05, 0) is 60.9 Å². The maximum Gasteiger partial charge on any atom is 0.342 e. The average Bonchev–Trinajstić information content (AvgIpc) is 3.63. The maximum absolute atomic E-state index is 13.0. The van der Waals surface area contributed by atoms with E-state index < -0.39 is 0 Å². The summed E-state index contributed by atoms with van der Waals surface area (Å²) in [4.78, 5) is 29.4. The molecule has 2 aromatic heterocycles. The Morgan fingerprint density at radius 1 is 1.06 bits per heavy atom. The van der Waals surface area contributed by atoms with E-state index in [1.165, 1.54) is 10.7 Å². The molecule has 0 aliphatic heterocycles. The Bertz CT molecular complexity index is 1400. The van der Waals surface area contributed by atoms with Crippen LogP contribution in [-0.2, 0) is 6.54 Å². The van der Waals surface area contributed by atoms with Gasteiger partial charge >= 0.3 is 6.03 Å². The molecule has 176 valence electrons. The van der Waals surface area contributed by atoms with Gasteiger partial charge < -0.3 is 15.7 Å². The van der Waals surface area contributed by atoms with Crippen molar-refractivity contribution in [2.45, 2.75) is 25.3 Å². The first-order chi connectivity index (χ1) is 17.0. The minimum absolute atomic E-state index is 0.00428. The van der Waals surface area contributed by atoms with Crippen molar-refractivity contribution in [3.63, 3.8) is 0 Å². The molecule has 2 amide bonds. The van der Waals surface area contributed by atoms with Gasteiger partial charge in [-0.15, -0.1) is 0 Å². The molecule has 0 saturated heterocycles. The molecule has 2 aromatic carbocycles. The van der Waals surface area contributed by atoms with Crippen molar-refractivity contribution in [3.8, 4) is 17.0 Å². The minimum Gasteiger partial charge on any atom is -0.507 e. The second kappa shape index (κ2) is 9.60.